The van der Waals surface area contributed by atoms with Gasteiger partial charge in [0.1, 0.15) is 0 Å². The molecule has 0 heterocycles. The number of para-hydroxylation sites is 1. The van der Waals surface area contributed by atoms with Crippen molar-refractivity contribution in [2.75, 3.05) is 12.3 Å². The molecule has 0 radical (unpaired) electrons. The lowest BCUT2D eigenvalue weighted by Crippen LogP contribution is -2.26. The standard InChI is InChI=1S/C15H15ClN2O4S2/c16-13-7-5-12(6-8-13)11-23-10-9-17-24(21,22)15-4-2-1-3-14(15)18(19)20/h1-8,17H,9-11H2. The van der Waals surface area contributed by atoms with E-state index >= 15 is 0 Å². The van der Waals surface area contributed by atoms with Gasteiger partial charge in [0.15, 0.2) is 4.90 Å². The minimum absolute atomic E-state index is 0.187. The molecule has 24 heavy (non-hydrogen) atoms. The predicted octanol–water partition coefficient (Wildman–Crippen LogP) is 3.46. The Morgan fingerprint density at radius 2 is 1.79 bits per heavy atom. The number of sulfonamides is 1. The fourth-order valence-corrected chi connectivity index (χ4v) is 4.21. The van der Waals surface area contributed by atoms with Gasteiger partial charge >= 0.3 is 0 Å². The summed E-state index contributed by atoms with van der Waals surface area (Å²) >= 11 is 7.36. The summed E-state index contributed by atoms with van der Waals surface area (Å²) in [7, 11) is -3.91. The number of nitro benzene ring substituents is 1. The van der Waals surface area contributed by atoms with Crippen molar-refractivity contribution in [1.82, 2.24) is 4.72 Å². The second-order valence-electron chi connectivity index (χ2n) is 4.80. The highest BCUT2D eigenvalue weighted by Gasteiger charge is 2.24. The van der Waals surface area contributed by atoms with E-state index in [1.165, 1.54) is 24.3 Å². The first kappa shape index (κ1) is 18.7. The summed E-state index contributed by atoms with van der Waals surface area (Å²) in [4.78, 5) is 9.90. The van der Waals surface area contributed by atoms with Crippen LogP contribution in [0.3, 0.4) is 0 Å². The molecule has 0 aliphatic heterocycles. The molecule has 2 aromatic rings. The third-order valence-electron chi connectivity index (χ3n) is 3.07. The van der Waals surface area contributed by atoms with E-state index in [4.69, 9.17) is 11.6 Å². The number of rotatable bonds is 8. The van der Waals surface area contributed by atoms with Gasteiger partial charge in [0, 0.05) is 29.1 Å². The van der Waals surface area contributed by atoms with E-state index in [0.717, 1.165) is 11.3 Å². The number of hydrogen-bond acceptors (Lipinski definition) is 5. The monoisotopic (exact) mass is 386 g/mol. The number of benzene rings is 2. The zero-order chi connectivity index (χ0) is 17.6. The molecule has 0 unspecified atom stereocenters. The minimum atomic E-state index is -3.91. The summed E-state index contributed by atoms with van der Waals surface area (Å²) in [6, 6.07) is 12.7. The maximum Gasteiger partial charge on any atom is 0.289 e. The molecule has 2 aromatic carbocycles. The smallest absolute Gasteiger partial charge is 0.258 e. The number of thioether (sulfide) groups is 1. The number of halogens is 1. The average molecular weight is 387 g/mol. The second kappa shape index (κ2) is 8.48. The maximum absolute atomic E-state index is 12.2. The maximum atomic E-state index is 12.2. The van der Waals surface area contributed by atoms with Crippen molar-refractivity contribution in [1.29, 1.82) is 0 Å². The molecule has 1 N–H and O–H groups in total. The molecule has 2 rings (SSSR count). The van der Waals surface area contributed by atoms with E-state index in [0.29, 0.717) is 10.8 Å². The van der Waals surface area contributed by atoms with Gasteiger partial charge in [-0.05, 0) is 23.8 Å². The first-order chi connectivity index (χ1) is 11.4. The Morgan fingerprint density at radius 3 is 2.46 bits per heavy atom. The van der Waals surface area contributed by atoms with E-state index in [-0.39, 0.29) is 11.4 Å². The average Bonchev–Trinajstić information content (AvgIpc) is 2.56. The third-order valence-corrected chi connectivity index (χ3v) is 5.86. The molecule has 9 heteroatoms. The van der Waals surface area contributed by atoms with Crippen LogP contribution in [0.1, 0.15) is 5.56 Å². The summed E-state index contributed by atoms with van der Waals surface area (Å²) in [6.45, 7) is 0.187. The Kier molecular flexibility index (Phi) is 6.61. The molecule has 6 nitrogen and oxygen atoms in total. The molecule has 0 amide bonds. The molecule has 0 saturated carbocycles. The topological polar surface area (TPSA) is 89.3 Å². The van der Waals surface area contributed by atoms with Crippen LogP contribution in [0.2, 0.25) is 5.02 Å². The van der Waals surface area contributed by atoms with Crippen LogP contribution in [0, 0.1) is 10.1 Å². The molecule has 0 fully saturated rings. The summed E-state index contributed by atoms with van der Waals surface area (Å²) < 4.78 is 26.8. The van der Waals surface area contributed by atoms with Gasteiger partial charge in [0.2, 0.25) is 10.0 Å². The van der Waals surface area contributed by atoms with Gasteiger partial charge < -0.3 is 0 Å². The molecule has 0 aromatic heterocycles. The molecule has 0 atom stereocenters. The zero-order valence-corrected chi connectivity index (χ0v) is 14.9. The van der Waals surface area contributed by atoms with E-state index in [1.807, 2.05) is 12.1 Å². The van der Waals surface area contributed by atoms with E-state index in [1.54, 1.807) is 23.9 Å². The zero-order valence-electron chi connectivity index (χ0n) is 12.5. The van der Waals surface area contributed by atoms with E-state index in [2.05, 4.69) is 4.72 Å². The lowest BCUT2D eigenvalue weighted by Gasteiger charge is -2.07. The molecular formula is C15H15ClN2O4S2. The third kappa shape index (κ3) is 5.20. The summed E-state index contributed by atoms with van der Waals surface area (Å²) in [5, 5.41) is 11.6. The number of nitrogens with zero attached hydrogens (tertiary/aromatic N) is 1. The molecule has 0 spiro atoms. The van der Waals surface area contributed by atoms with Crippen molar-refractivity contribution in [2.45, 2.75) is 10.6 Å². The fraction of sp³-hybridized carbons (Fsp3) is 0.200. The van der Waals surface area contributed by atoms with Crippen LogP contribution in [0.25, 0.3) is 0 Å². The van der Waals surface area contributed by atoms with Crippen molar-refractivity contribution in [3.05, 3.63) is 69.2 Å². The Labute approximate surface area is 149 Å². The SMILES string of the molecule is O=[N+]([O-])c1ccccc1S(=O)(=O)NCCSCc1ccc(Cl)cc1. The van der Waals surface area contributed by atoms with Crippen molar-refractivity contribution in [2.24, 2.45) is 0 Å². The number of nitrogens with one attached hydrogen (secondary N) is 1. The van der Waals surface area contributed by atoms with Crippen LogP contribution < -0.4 is 4.72 Å². The van der Waals surface area contributed by atoms with Gasteiger partial charge in [-0.1, -0.05) is 35.9 Å². The molecule has 0 saturated heterocycles. The van der Waals surface area contributed by atoms with Gasteiger partial charge in [0.25, 0.3) is 5.69 Å². The van der Waals surface area contributed by atoms with Gasteiger partial charge in [-0.15, -0.1) is 0 Å². The second-order valence-corrected chi connectivity index (χ2v) is 8.08. The Morgan fingerprint density at radius 1 is 1.12 bits per heavy atom. The quantitative estimate of drug-likeness (QED) is 0.426. The summed E-state index contributed by atoms with van der Waals surface area (Å²) in [6.07, 6.45) is 0. The van der Waals surface area contributed by atoms with Gasteiger partial charge in [-0.3, -0.25) is 10.1 Å². The van der Waals surface area contributed by atoms with Crippen LogP contribution in [0.15, 0.2) is 53.4 Å². The first-order valence-electron chi connectivity index (χ1n) is 6.95. The fourth-order valence-electron chi connectivity index (χ4n) is 1.93. The summed E-state index contributed by atoms with van der Waals surface area (Å²) in [5.74, 6) is 1.27. The van der Waals surface area contributed by atoms with E-state index < -0.39 is 20.6 Å². The molecule has 0 aliphatic rings. The lowest BCUT2D eigenvalue weighted by atomic mass is 10.2. The Balaban J connectivity index is 1.87. The predicted molar refractivity (Wildman–Crippen MR) is 95.9 cm³/mol. The van der Waals surface area contributed by atoms with Crippen molar-refractivity contribution >= 4 is 39.1 Å². The van der Waals surface area contributed by atoms with Crippen LogP contribution in [-0.4, -0.2) is 25.6 Å². The van der Waals surface area contributed by atoms with Crippen LogP contribution in [0.4, 0.5) is 5.69 Å². The molecule has 0 aliphatic carbocycles. The van der Waals surface area contributed by atoms with Crippen LogP contribution >= 0.6 is 23.4 Å². The Bertz CT molecular complexity index is 810. The highest BCUT2D eigenvalue weighted by molar-refractivity contribution is 7.98. The van der Waals surface area contributed by atoms with Crippen LogP contribution in [0.5, 0.6) is 0 Å². The Hall–Kier alpha value is -1.61. The van der Waals surface area contributed by atoms with Crippen molar-refractivity contribution in [3.63, 3.8) is 0 Å². The van der Waals surface area contributed by atoms with Gasteiger partial charge in [0.05, 0.1) is 4.92 Å². The van der Waals surface area contributed by atoms with Crippen molar-refractivity contribution < 1.29 is 13.3 Å². The molecular weight excluding hydrogens is 372 g/mol. The largest absolute Gasteiger partial charge is 0.289 e. The van der Waals surface area contributed by atoms with Gasteiger partial charge in [-0.25, -0.2) is 13.1 Å². The molecule has 0 bridgehead atoms. The minimum Gasteiger partial charge on any atom is -0.258 e. The normalized spacial score (nSPS) is 11.4. The lowest BCUT2D eigenvalue weighted by molar-refractivity contribution is -0.387. The van der Waals surface area contributed by atoms with Gasteiger partial charge in [-0.2, -0.15) is 11.8 Å². The van der Waals surface area contributed by atoms with Crippen LogP contribution in [-0.2, 0) is 15.8 Å². The van der Waals surface area contributed by atoms with E-state index in [9.17, 15) is 18.5 Å². The molecule has 128 valence electrons. The number of hydrogen-bond donors (Lipinski definition) is 1. The van der Waals surface area contributed by atoms with Crippen molar-refractivity contribution in [3.8, 4) is 0 Å². The highest BCUT2D eigenvalue weighted by Crippen LogP contribution is 2.22. The first-order valence-corrected chi connectivity index (χ1v) is 9.97. The summed E-state index contributed by atoms with van der Waals surface area (Å²) in [5.41, 5.74) is 0.657. The highest BCUT2D eigenvalue weighted by atomic mass is 35.5. The number of nitro groups is 1.